The van der Waals surface area contributed by atoms with Crippen LogP contribution < -0.4 is 10.9 Å². The Bertz CT molecular complexity index is 1680. The highest BCUT2D eigenvalue weighted by molar-refractivity contribution is 7.99. The standard InChI is InChI=1S/C24H18N6O4S/c1-15-8-2-5-11-18(15)28-22(32)16-9-3-6-12-19(16)29-23(28)26-27-24(29)35-14-21(31)25-17-10-4-7-13-20(17)30(33)34/h2-13H,14H2,1H3,(H,25,31). The lowest BCUT2D eigenvalue weighted by Gasteiger charge is -2.13. The van der Waals surface area contributed by atoms with Gasteiger partial charge >= 0.3 is 0 Å². The lowest BCUT2D eigenvalue weighted by atomic mass is 10.2. The lowest BCUT2D eigenvalue weighted by molar-refractivity contribution is -0.383. The minimum Gasteiger partial charge on any atom is -0.320 e. The first kappa shape index (κ1) is 22.3. The van der Waals surface area contributed by atoms with Crippen LogP contribution in [-0.2, 0) is 4.79 Å². The van der Waals surface area contributed by atoms with Crippen molar-refractivity contribution in [1.82, 2.24) is 19.2 Å². The van der Waals surface area contributed by atoms with Crippen LogP contribution in [0.15, 0.2) is 82.7 Å². The van der Waals surface area contributed by atoms with E-state index in [1.165, 1.54) is 22.8 Å². The van der Waals surface area contributed by atoms with Crippen LogP contribution in [0.5, 0.6) is 0 Å². The Morgan fingerprint density at radius 2 is 1.74 bits per heavy atom. The van der Waals surface area contributed by atoms with Crippen LogP contribution in [0.3, 0.4) is 0 Å². The maximum absolute atomic E-state index is 13.4. The third-order valence-corrected chi connectivity index (χ3v) is 6.39. The molecule has 0 saturated carbocycles. The first-order valence-electron chi connectivity index (χ1n) is 10.6. The predicted octanol–water partition coefficient (Wildman–Crippen LogP) is 3.98. The average molecular weight is 487 g/mol. The van der Waals surface area contributed by atoms with E-state index in [4.69, 9.17) is 0 Å². The van der Waals surface area contributed by atoms with Crippen molar-refractivity contribution < 1.29 is 9.72 Å². The fourth-order valence-electron chi connectivity index (χ4n) is 3.86. The number of benzene rings is 3. The number of nitrogens with one attached hydrogen (secondary N) is 1. The van der Waals surface area contributed by atoms with Crippen molar-refractivity contribution in [2.75, 3.05) is 11.1 Å². The highest BCUT2D eigenvalue weighted by atomic mass is 32.2. The summed E-state index contributed by atoms with van der Waals surface area (Å²) in [4.78, 5) is 36.7. The van der Waals surface area contributed by atoms with Gasteiger partial charge in [-0.1, -0.05) is 54.2 Å². The molecule has 1 amide bonds. The van der Waals surface area contributed by atoms with Crippen LogP contribution in [-0.4, -0.2) is 35.7 Å². The van der Waals surface area contributed by atoms with Gasteiger partial charge in [0, 0.05) is 6.07 Å². The number of fused-ring (bicyclic) bond motifs is 3. The van der Waals surface area contributed by atoms with E-state index in [1.807, 2.05) is 37.3 Å². The summed E-state index contributed by atoms with van der Waals surface area (Å²) in [7, 11) is 0. The minimum absolute atomic E-state index is 0.0648. The number of aryl methyl sites for hydroxylation is 1. The number of nitro benzene ring substituents is 1. The van der Waals surface area contributed by atoms with Crippen LogP contribution in [0, 0.1) is 17.0 Å². The molecule has 0 unspecified atom stereocenters. The van der Waals surface area contributed by atoms with Crippen molar-refractivity contribution in [2.24, 2.45) is 0 Å². The van der Waals surface area contributed by atoms with Gasteiger partial charge in [-0.2, -0.15) is 0 Å². The van der Waals surface area contributed by atoms with Crippen LogP contribution in [0.1, 0.15) is 5.56 Å². The minimum atomic E-state index is -0.550. The van der Waals surface area contributed by atoms with E-state index in [0.717, 1.165) is 17.3 Å². The Hall–Kier alpha value is -4.51. The van der Waals surface area contributed by atoms with E-state index in [-0.39, 0.29) is 22.7 Å². The molecule has 35 heavy (non-hydrogen) atoms. The van der Waals surface area contributed by atoms with E-state index < -0.39 is 10.8 Å². The Balaban J connectivity index is 1.54. The number of rotatable bonds is 6. The second-order valence-corrected chi connectivity index (χ2v) is 8.62. The van der Waals surface area contributed by atoms with Gasteiger partial charge in [-0.3, -0.25) is 24.1 Å². The number of anilines is 1. The Labute approximate surface area is 202 Å². The van der Waals surface area contributed by atoms with Gasteiger partial charge in [0.1, 0.15) is 5.69 Å². The molecule has 0 aliphatic rings. The van der Waals surface area contributed by atoms with E-state index in [1.54, 1.807) is 28.7 Å². The smallest absolute Gasteiger partial charge is 0.292 e. The topological polar surface area (TPSA) is 124 Å². The predicted molar refractivity (Wildman–Crippen MR) is 133 cm³/mol. The molecule has 5 rings (SSSR count). The Morgan fingerprint density at radius 1 is 1.03 bits per heavy atom. The van der Waals surface area contributed by atoms with E-state index in [9.17, 15) is 19.7 Å². The molecule has 5 aromatic rings. The second kappa shape index (κ2) is 9.03. The number of carbonyl (C=O) groups is 1. The molecule has 174 valence electrons. The summed E-state index contributed by atoms with van der Waals surface area (Å²) in [6, 6.07) is 20.6. The molecule has 2 heterocycles. The number of nitro groups is 1. The highest BCUT2D eigenvalue weighted by Gasteiger charge is 2.20. The number of carbonyl (C=O) groups excluding carboxylic acids is 1. The monoisotopic (exact) mass is 486 g/mol. The third-order valence-electron chi connectivity index (χ3n) is 5.46. The fraction of sp³-hybridized carbons (Fsp3) is 0.0833. The maximum Gasteiger partial charge on any atom is 0.292 e. The maximum atomic E-state index is 13.4. The van der Waals surface area contributed by atoms with Crippen LogP contribution in [0.25, 0.3) is 22.4 Å². The summed E-state index contributed by atoms with van der Waals surface area (Å²) in [6.07, 6.45) is 0. The zero-order valence-electron chi connectivity index (χ0n) is 18.4. The van der Waals surface area contributed by atoms with Crippen molar-refractivity contribution in [1.29, 1.82) is 0 Å². The third kappa shape index (κ3) is 4.02. The zero-order chi connectivity index (χ0) is 24.5. The summed E-state index contributed by atoms with van der Waals surface area (Å²) >= 11 is 1.12. The Morgan fingerprint density at radius 3 is 2.54 bits per heavy atom. The molecule has 0 aliphatic heterocycles. The largest absolute Gasteiger partial charge is 0.320 e. The molecule has 2 aromatic heterocycles. The quantitative estimate of drug-likeness (QED) is 0.219. The number of hydrogen-bond acceptors (Lipinski definition) is 7. The second-order valence-electron chi connectivity index (χ2n) is 7.67. The van der Waals surface area contributed by atoms with E-state index >= 15 is 0 Å². The van der Waals surface area contributed by atoms with Gasteiger partial charge in [0.2, 0.25) is 11.7 Å². The summed E-state index contributed by atoms with van der Waals surface area (Å²) in [5.74, 6) is -0.174. The molecule has 10 nitrogen and oxygen atoms in total. The number of para-hydroxylation sites is 4. The van der Waals surface area contributed by atoms with E-state index in [0.29, 0.717) is 27.5 Å². The van der Waals surface area contributed by atoms with Crippen molar-refractivity contribution in [3.05, 3.63) is 98.8 Å². The molecule has 0 atom stereocenters. The average Bonchev–Trinajstić information content (AvgIpc) is 3.28. The van der Waals surface area contributed by atoms with Gasteiger partial charge < -0.3 is 5.32 Å². The number of nitrogens with zero attached hydrogens (tertiary/aromatic N) is 5. The van der Waals surface area contributed by atoms with E-state index in [2.05, 4.69) is 15.5 Å². The highest BCUT2D eigenvalue weighted by Crippen LogP contribution is 2.26. The zero-order valence-corrected chi connectivity index (χ0v) is 19.2. The van der Waals surface area contributed by atoms with Crippen LogP contribution in [0.4, 0.5) is 11.4 Å². The normalized spacial score (nSPS) is 11.1. The van der Waals surface area contributed by atoms with Crippen molar-refractivity contribution >= 4 is 45.7 Å². The molecular formula is C24H18N6O4S. The van der Waals surface area contributed by atoms with Crippen molar-refractivity contribution in [3.63, 3.8) is 0 Å². The van der Waals surface area contributed by atoms with Crippen LogP contribution in [0.2, 0.25) is 0 Å². The molecule has 0 saturated heterocycles. The van der Waals surface area contributed by atoms with Crippen molar-refractivity contribution in [2.45, 2.75) is 12.1 Å². The molecule has 11 heteroatoms. The summed E-state index contributed by atoms with van der Waals surface area (Å²) in [5, 5.41) is 23.2. The van der Waals surface area contributed by atoms with Gasteiger partial charge in [-0.25, -0.2) is 4.57 Å². The van der Waals surface area contributed by atoms with Crippen molar-refractivity contribution in [3.8, 4) is 5.69 Å². The van der Waals surface area contributed by atoms with Gasteiger partial charge in [-0.05, 0) is 36.8 Å². The van der Waals surface area contributed by atoms with Gasteiger partial charge in [0.15, 0.2) is 5.16 Å². The molecule has 0 radical (unpaired) electrons. The van der Waals surface area contributed by atoms with Gasteiger partial charge in [0.05, 0.1) is 27.3 Å². The van der Waals surface area contributed by atoms with Crippen LogP contribution >= 0.6 is 11.8 Å². The number of amides is 1. The molecule has 3 aromatic carbocycles. The number of aromatic nitrogens is 4. The molecular weight excluding hydrogens is 468 g/mol. The first-order chi connectivity index (χ1) is 17.0. The van der Waals surface area contributed by atoms with Gasteiger partial charge in [0.25, 0.3) is 11.2 Å². The molecule has 0 fully saturated rings. The fourth-order valence-corrected chi connectivity index (χ4v) is 4.60. The summed E-state index contributed by atoms with van der Waals surface area (Å²) < 4.78 is 3.26. The number of hydrogen-bond donors (Lipinski definition) is 1. The lowest BCUT2D eigenvalue weighted by Crippen LogP contribution is -2.22. The SMILES string of the molecule is Cc1ccccc1-n1c(=O)c2ccccc2n2c(SCC(=O)Nc3ccccc3[N+](=O)[O-])nnc12. The summed E-state index contributed by atoms with van der Waals surface area (Å²) in [5.41, 5.74) is 1.91. The van der Waals surface area contributed by atoms with Gasteiger partial charge in [-0.15, -0.1) is 10.2 Å². The molecule has 0 spiro atoms. The molecule has 0 aliphatic carbocycles. The number of thioether (sulfide) groups is 1. The summed E-state index contributed by atoms with van der Waals surface area (Å²) in [6.45, 7) is 1.91. The molecule has 0 bridgehead atoms. The first-order valence-corrected chi connectivity index (χ1v) is 11.5. The Kier molecular flexibility index (Phi) is 5.75. The molecule has 1 N–H and O–H groups in total.